The van der Waals surface area contributed by atoms with Crippen molar-refractivity contribution in [2.45, 2.75) is 18.9 Å². The number of methoxy groups -OCH3 is 1. The summed E-state index contributed by atoms with van der Waals surface area (Å²) in [7, 11) is 0.397. The van der Waals surface area contributed by atoms with E-state index in [0.29, 0.717) is 19.6 Å². The van der Waals surface area contributed by atoms with E-state index in [2.05, 4.69) is 5.32 Å². The monoisotopic (exact) mass is 370 g/mol. The minimum Gasteiger partial charge on any atom is -0.497 e. The average Bonchev–Trinajstić information content (AvgIpc) is 2.80. The molecule has 1 fully saturated rings. The molecule has 0 aromatic heterocycles. The minimum atomic E-state index is -3.04. The van der Waals surface area contributed by atoms with E-state index in [4.69, 9.17) is 9.47 Å². The van der Waals surface area contributed by atoms with Gasteiger partial charge in [-0.2, -0.15) is 0 Å². The van der Waals surface area contributed by atoms with E-state index < -0.39 is 15.4 Å². The van der Waals surface area contributed by atoms with Gasteiger partial charge >= 0.3 is 0 Å². The van der Waals surface area contributed by atoms with Crippen molar-refractivity contribution in [1.29, 1.82) is 0 Å². The smallest absolute Gasteiger partial charge is 0.234 e. The third kappa shape index (κ3) is 6.21. The zero-order chi connectivity index (χ0) is 18.5. The van der Waals surface area contributed by atoms with Gasteiger partial charge in [-0.25, -0.2) is 8.42 Å². The molecule has 0 aliphatic carbocycles. The fourth-order valence-corrected chi connectivity index (χ4v) is 4.89. The SMILES string of the molecule is COc1ccc(OCCN(C)CC(=O)N[C@@]2(C)CCS(=O)(=O)C2)cc1. The minimum absolute atomic E-state index is 0.00996. The van der Waals surface area contributed by atoms with Gasteiger partial charge in [0.2, 0.25) is 5.91 Å². The van der Waals surface area contributed by atoms with Crippen LogP contribution in [0.4, 0.5) is 0 Å². The molecule has 0 saturated carbocycles. The van der Waals surface area contributed by atoms with Crippen molar-refractivity contribution in [3.05, 3.63) is 24.3 Å². The van der Waals surface area contributed by atoms with Gasteiger partial charge in [-0.15, -0.1) is 0 Å². The highest BCUT2D eigenvalue weighted by atomic mass is 32.2. The van der Waals surface area contributed by atoms with E-state index in [-0.39, 0.29) is 24.0 Å². The average molecular weight is 370 g/mol. The Morgan fingerprint density at radius 3 is 2.48 bits per heavy atom. The molecule has 0 bridgehead atoms. The number of carbonyl (C=O) groups excluding carboxylic acids is 1. The molecule has 1 heterocycles. The highest BCUT2D eigenvalue weighted by molar-refractivity contribution is 7.91. The summed E-state index contributed by atoms with van der Waals surface area (Å²) in [6.07, 6.45) is 0.464. The van der Waals surface area contributed by atoms with Crippen LogP contribution < -0.4 is 14.8 Å². The lowest BCUT2D eigenvalue weighted by Gasteiger charge is -2.25. The molecule has 1 saturated heterocycles. The standard InChI is InChI=1S/C17H26N2O5S/c1-17(8-11-25(21,22)13-17)18-16(20)12-19(2)9-10-24-15-6-4-14(23-3)5-7-15/h4-7H,8-13H2,1-3H3,(H,18,20)/t17-/m0/s1. The van der Waals surface area contributed by atoms with Crippen molar-refractivity contribution in [1.82, 2.24) is 10.2 Å². The number of amides is 1. The quantitative estimate of drug-likeness (QED) is 0.725. The summed E-state index contributed by atoms with van der Waals surface area (Å²) in [5.41, 5.74) is -0.656. The molecule has 25 heavy (non-hydrogen) atoms. The van der Waals surface area contributed by atoms with E-state index in [9.17, 15) is 13.2 Å². The van der Waals surface area contributed by atoms with E-state index >= 15 is 0 Å². The van der Waals surface area contributed by atoms with Crippen molar-refractivity contribution >= 4 is 15.7 Å². The van der Waals surface area contributed by atoms with Gasteiger partial charge in [-0.05, 0) is 44.7 Å². The zero-order valence-electron chi connectivity index (χ0n) is 14.9. The molecule has 0 unspecified atom stereocenters. The van der Waals surface area contributed by atoms with Crippen LogP contribution in [0.3, 0.4) is 0 Å². The van der Waals surface area contributed by atoms with Gasteiger partial charge in [-0.1, -0.05) is 0 Å². The van der Waals surface area contributed by atoms with Crippen LogP contribution in [0, 0.1) is 0 Å². The third-order valence-corrected chi connectivity index (χ3v) is 6.06. The van der Waals surface area contributed by atoms with E-state index in [0.717, 1.165) is 11.5 Å². The molecule has 0 spiro atoms. The number of nitrogens with zero attached hydrogens (tertiary/aromatic N) is 1. The highest BCUT2D eigenvalue weighted by Gasteiger charge is 2.39. The molecule has 1 atom stereocenters. The summed E-state index contributed by atoms with van der Waals surface area (Å²) >= 11 is 0. The van der Waals surface area contributed by atoms with Crippen LogP contribution in [0.5, 0.6) is 11.5 Å². The first-order valence-corrected chi connectivity index (χ1v) is 10.0. The summed E-state index contributed by atoms with van der Waals surface area (Å²) in [4.78, 5) is 14.0. The predicted molar refractivity (Wildman–Crippen MR) is 95.8 cm³/mol. The first-order chi connectivity index (χ1) is 11.7. The van der Waals surface area contributed by atoms with Gasteiger partial charge in [0.05, 0.1) is 30.7 Å². The number of nitrogens with one attached hydrogen (secondary N) is 1. The number of rotatable bonds is 8. The molecule has 1 aliphatic heterocycles. The lowest BCUT2D eigenvalue weighted by molar-refractivity contribution is -0.123. The molecular formula is C17H26N2O5S. The Labute approximate surface area is 149 Å². The number of benzene rings is 1. The topological polar surface area (TPSA) is 84.9 Å². The molecule has 1 aromatic carbocycles. The van der Waals surface area contributed by atoms with Gasteiger partial charge in [-0.3, -0.25) is 9.69 Å². The normalized spacial score (nSPS) is 21.9. The molecule has 1 N–H and O–H groups in total. The van der Waals surface area contributed by atoms with Gasteiger partial charge in [0.15, 0.2) is 9.84 Å². The highest BCUT2D eigenvalue weighted by Crippen LogP contribution is 2.22. The van der Waals surface area contributed by atoms with Crippen LogP contribution in [-0.4, -0.2) is 70.1 Å². The summed E-state index contributed by atoms with van der Waals surface area (Å²) in [5, 5.41) is 2.85. The number of ether oxygens (including phenoxy) is 2. The van der Waals surface area contributed by atoms with Crippen LogP contribution in [-0.2, 0) is 14.6 Å². The first kappa shape index (κ1) is 19.5. The molecule has 8 heteroatoms. The van der Waals surface area contributed by atoms with Gasteiger partial charge in [0, 0.05) is 6.54 Å². The van der Waals surface area contributed by atoms with E-state index in [1.54, 1.807) is 14.0 Å². The number of carbonyl (C=O) groups is 1. The van der Waals surface area contributed by atoms with Crippen molar-refractivity contribution in [2.75, 3.05) is 45.4 Å². The summed E-state index contributed by atoms with van der Waals surface area (Å²) < 4.78 is 33.9. The Morgan fingerprint density at radius 1 is 1.28 bits per heavy atom. The lowest BCUT2D eigenvalue weighted by Crippen LogP contribution is -2.50. The first-order valence-electron chi connectivity index (χ1n) is 8.18. The van der Waals surface area contributed by atoms with Gasteiger partial charge < -0.3 is 14.8 Å². The second-order valence-corrected chi connectivity index (χ2v) is 8.90. The lowest BCUT2D eigenvalue weighted by atomic mass is 10.0. The Bertz CT molecular complexity index is 689. The molecule has 140 valence electrons. The Kier molecular flexibility index (Phi) is 6.29. The molecule has 1 aliphatic rings. The maximum Gasteiger partial charge on any atom is 0.234 e. The van der Waals surface area contributed by atoms with Crippen LogP contribution in [0.15, 0.2) is 24.3 Å². The summed E-state index contributed by atoms with van der Waals surface area (Å²) in [6, 6.07) is 7.30. The predicted octanol–water partition coefficient (Wildman–Crippen LogP) is 0.699. The summed E-state index contributed by atoms with van der Waals surface area (Å²) in [6.45, 7) is 3.00. The molecule has 0 radical (unpaired) electrons. The van der Waals surface area contributed by atoms with Crippen LogP contribution in [0.1, 0.15) is 13.3 Å². The van der Waals surface area contributed by atoms with Crippen LogP contribution in [0.25, 0.3) is 0 Å². The second kappa shape index (κ2) is 8.05. The van der Waals surface area contributed by atoms with Crippen molar-refractivity contribution < 1.29 is 22.7 Å². The Hall–Kier alpha value is -1.80. The summed E-state index contributed by atoms with van der Waals surface area (Å²) in [5.74, 6) is 1.48. The van der Waals surface area contributed by atoms with E-state index in [1.807, 2.05) is 36.2 Å². The second-order valence-electron chi connectivity index (χ2n) is 6.71. The van der Waals surface area contributed by atoms with Gasteiger partial charge in [0.25, 0.3) is 0 Å². The fraction of sp³-hybridized carbons (Fsp3) is 0.588. The van der Waals surface area contributed by atoms with E-state index in [1.165, 1.54) is 0 Å². The molecule has 1 aromatic rings. The third-order valence-electron chi connectivity index (χ3n) is 4.16. The number of likely N-dealkylation sites (N-methyl/N-ethyl adjacent to an activating group) is 1. The fourth-order valence-electron chi connectivity index (χ4n) is 2.80. The molecular weight excluding hydrogens is 344 g/mol. The van der Waals surface area contributed by atoms with Crippen molar-refractivity contribution in [3.63, 3.8) is 0 Å². The van der Waals surface area contributed by atoms with Gasteiger partial charge in [0.1, 0.15) is 18.1 Å². The van der Waals surface area contributed by atoms with Crippen LogP contribution >= 0.6 is 0 Å². The zero-order valence-corrected chi connectivity index (χ0v) is 15.8. The Morgan fingerprint density at radius 2 is 1.92 bits per heavy atom. The number of sulfone groups is 1. The number of hydrogen-bond acceptors (Lipinski definition) is 6. The molecule has 2 rings (SSSR count). The number of hydrogen-bond donors (Lipinski definition) is 1. The molecule has 7 nitrogen and oxygen atoms in total. The molecule has 1 amide bonds. The van der Waals surface area contributed by atoms with Crippen LogP contribution in [0.2, 0.25) is 0 Å². The maximum absolute atomic E-state index is 12.1. The largest absolute Gasteiger partial charge is 0.497 e. The van der Waals surface area contributed by atoms with Crippen molar-refractivity contribution in [2.24, 2.45) is 0 Å². The Balaban J connectivity index is 1.70. The van der Waals surface area contributed by atoms with Crippen molar-refractivity contribution in [3.8, 4) is 11.5 Å². The maximum atomic E-state index is 12.1.